The Kier molecular flexibility index (Phi) is 3.61. The highest BCUT2D eigenvalue weighted by Gasteiger charge is 2.10. The maximum absolute atomic E-state index is 5.33. The number of hydrogen-bond donors (Lipinski definition) is 1. The number of anilines is 1. The molecule has 1 N–H and O–H groups in total. The Balaban J connectivity index is 2.03. The summed E-state index contributed by atoms with van der Waals surface area (Å²) in [5.74, 6) is 0. The van der Waals surface area contributed by atoms with Gasteiger partial charge in [-0.15, -0.1) is 0 Å². The van der Waals surface area contributed by atoms with Gasteiger partial charge in [-0.1, -0.05) is 28.1 Å². The van der Waals surface area contributed by atoms with Crippen LogP contribution in [0.3, 0.4) is 0 Å². The van der Waals surface area contributed by atoms with Gasteiger partial charge in [0.2, 0.25) is 0 Å². The number of halogens is 1. The number of rotatable bonds is 1. The Bertz CT molecular complexity index is 435. The number of aryl methyl sites for hydroxylation is 1. The van der Waals surface area contributed by atoms with E-state index in [2.05, 4.69) is 51.3 Å². The van der Waals surface area contributed by atoms with Crippen LogP contribution >= 0.6 is 28.1 Å². The molecule has 84 valence electrons. The van der Waals surface area contributed by atoms with Crippen LogP contribution in [0.25, 0.3) is 0 Å². The molecule has 0 aromatic heterocycles. The minimum atomic E-state index is 0.784. The van der Waals surface area contributed by atoms with Crippen molar-refractivity contribution >= 4 is 38.9 Å². The van der Waals surface area contributed by atoms with Gasteiger partial charge in [-0.05, 0) is 42.9 Å². The summed E-state index contributed by atoms with van der Waals surface area (Å²) in [4.78, 5) is 2.12. The van der Waals surface area contributed by atoms with Crippen molar-refractivity contribution in [2.45, 2.75) is 6.92 Å². The van der Waals surface area contributed by atoms with Crippen molar-refractivity contribution in [2.75, 3.05) is 18.4 Å². The highest BCUT2D eigenvalue weighted by Crippen LogP contribution is 2.20. The van der Waals surface area contributed by atoms with E-state index in [1.807, 2.05) is 12.1 Å². The van der Waals surface area contributed by atoms with Crippen LogP contribution in [0.15, 0.2) is 34.8 Å². The molecule has 1 heterocycles. The lowest BCUT2D eigenvalue weighted by molar-refractivity contribution is 0.549. The maximum Gasteiger partial charge on any atom is 0.173 e. The quantitative estimate of drug-likeness (QED) is 0.632. The summed E-state index contributed by atoms with van der Waals surface area (Å²) < 4.78 is 1.12. The molecule has 0 fully saturated rings. The average Bonchev–Trinajstić information content (AvgIpc) is 2.77. The van der Waals surface area contributed by atoms with E-state index in [-0.39, 0.29) is 0 Å². The van der Waals surface area contributed by atoms with E-state index < -0.39 is 0 Å². The number of hydrogen-bond acceptors (Lipinski definition) is 1. The van der Waals surface area contributed by atoms with Gasteiger partial charge >= 0.3 is 0 Å². The molecule has 2 nitrogen and oxygen atoms in total. The van der Waals surface area contributed by atoms with Crippen LogP contribution in [0.1, 0.15) is 5.56 Å². The third-order valence-electron chi connectivity index (χ3n) is 2.51. The van der Waals surface area contributed by atoms with Crippen molar-refractivity contribution in [1.29, 1.82) is 0 Å². The van der Waals surface area contributed by atoms with Gasteiger partial charge in [0, 0.05) is 23.2 Å². The fourth-order valence-electron chi connectivity index (χ4n) is 1.57. The van der Waals surface area contributed by atoms with Crippen LogP contribution < -0.4 is 5.32 Å². The van der Waals surface area contributed by atoms with Crippen molar-refractivity contribution in [3.8, 4) is 0 Å². The Hall–Kier alpha value is -0.870. The van der Waals surface area contributed by atoms with Crippen molar-refractivity contribution < 1.29 is 0 Å². The fraction of sp³-hybridized carbons (Fsp3) is 0.250. The second-order valence-electron chi connectivity index (χ2n) is 3.77. The summed E-state index contributed by atoms with van der Waals surface area (Å²) in [6.45, 7) is 3.87. The van der Waals surface area contributed by atoms with Gasteiger partial charge in [0.25, 0.3) is 0 Å². The first-order valence-electron chi connectivity index (χ1n) is 5.14. The molecule has 0 unspecified atom stereocenters. The van der Waals surface area contributed by atoms with Gasteiger partial charge in [0.15, 0.2) is 5.11 Å². The number of thiocarbonyl (C=S) groups is 1. The minimum absolute atomic E-state index is 0.784. The second-order valence-corrected chi connectivity index (χ2v) is 5.01. The first-order chi connectivity index (χ1) is 7.66. The van der Waals surface area contributed by atoms with E-state index in [0.717, 1.165) is 28.4 Å². The van der Waals surface area contributed by atoms with E-state index in [4.69, 9.17) is 12.2 Å². The molecule has 2 rings (SSSR count). The van der Waals surface area contributed by atoms with Gasteiger partial charge in [-0.2, -0.15) is 0 Å². The minimum Gasteiger partial charge on any atom is -0.342 e. The molecule has 0 amide bonds. The molecular weight excluding hydrogens is 284 g/mol. The van der Waals surface area contributed by atoms with E-state index in [1.54, 1.807) is 0 Å². The Morgan fingerprint density at radius 3 is 2.69 bits per heavy atom. The van der Waals surface area contributed by atoms with E-state index in [0.29, 0.717) is 0 Å². The van der Waals surface area contributed by atoms with Crippen molar-refractivity contribution in [1.82, 2.24) is 4.90 Å². The largest absolute Gasteiger partial charge is 0.342 e. The molecule has 1 aromatic carbocycles. The van der Waals surface area contributed by atoms with Gasteiger partial charge in [0.1, 0.15) is 0 Å². The topological polar surface area (TPSA) is 15.3 Å². The Labute approximate surface area is 109 Å². The Morgan fingerprint density at radius 1 is 1.38 bits per heavy atom. The van der Waals surface area contributed by atoms with Crippen LogP contribution in [0.2, 0.25) is 0 Å². The molecular formula is C12H13BrN2S. The van der Waals surface area contributed by atoms with Gasteiger partial charge in [-0.25, -0.2) is 0 Å². The van der Waals surface area contributed by atoms with Crippen molar-refractivity contribution in [3.05, 3.63) is 40.4 Å². The molecule has 16 heavy (non-hydrogen) atoms. The molecule has 0 spiro atoms. The number of nitrogens with zero attached hydrogens (tertiary/aromatic N) is 1. The van der Waals surface area contributed by atoms with Gasteiger partial charge in [0.05, 0.1) is 0 Å². The number of benzene rings is 1. The molecule has 0 saturated carbocycles. The van der Waals surface area contributed by atoms with Crippen LogP contribution in [-0.2, 0) is 0 Å². The summed E-state index contributed by atoms with van der Waals surface area (Å²) in [6.07, 6.45) is 4.25. The van der Waals surface area contributed by atoms with E-state index in [1.165, 1.54) is 5.56 Å². The molecule has 1 aromatic rings. The van der Waals surface area contributed by atoms with Gasteiger partial charge in [-0.3, -0.25) is 0 Å². The lowest BCUT2D eigenvalue weighted by atomic mass is 10.2. The maximum atomic E-state index is 5.33. The van der Waals surface area contributed by atoms with Crippen LogP contribution in [-0.4, -0.2) is 23.1 Å². The zero-order chi connectivity index (χ0) is 11.5. The van der Waals surface area contributed by atoms with Crippen LogP contribution in [0.5, 0.6) is 0 Å². The molecule has 0 radical (unpaired) electrons. The first kappa shape index (κ1) is 11.6. The number of nitrogens with one attached hydrogen (secondary N) is 1. The molecule has 1 aliphatic heterocycles. The molecule has 0 saturated heterocycles. The molecule has 4 heteroatoms. The smallest absolute Gasteiger partial charge is 0.173 e. The van der Waals surface area contributed by atoms with E-state index in [9.17, 15) is 0 Å². The summed E-state index contributed by atoms with van der Waals surface area (Å²) in [5, 5.41) is 4.03. The fourth-order valence-corrected chi connectivity index (χ4v) is 2.08. The molecule has 0 bridgehead atoms. The third kappa shape index (κ3) is 2.62. The van der Waals surface area contributed by atoms with Crippen molar-refractivity contribution in [3.63, 3.8) is 0 Å². The predicted molar refractivity (Wildman–Crippen MR) is 75.8 cm³/mol. The SMILES string of the molecule is Cc1cc(NC(=S)N2CC=CC2)ccc1Br. The average molecular weight is 297 g/mol. The first-order valence-corrected chi connectivity index (χ1v) is 6.34. The summed E-state index contributed by atoms with van der Waals surface area (Å²) in [6, 6.07) is 6.13. The molecule has 0 aliphatic carbocycles. The summed E-state index contributed by atoms with van der Waals surface area (Å²) >= 11 is 8.82. The second kappa shape index (κ2) is 4.97. The third-order valence-corrected chi connectivity index (χ3v) is 3.76. The monoisotopic (exact) mass is 296 g/mol. The summed E-state index contributed by atoms with van der Waals surface area (Å²) in [5.41, 5.74) is 2.24. The standard InChI is InChI=1S/C12H13BrN2S/c1-9-8-10(4-5-11(9)13)14-12(16)15-6-2-3-7-15/h2-5,8H,6-7H2,1H3,(H,14,16). The predicted octanol–water partition coefficient (Wildman–Crippen LogP) is 3.33. The molecule has 0 atom stereocenters. The van der Waals surface area contributed by atoms with Crippen LogP contribution in [0, 0.1) is 6.92 Å². The zero-order valence-electron chi connectivity index (χ0n) is 9.03. The highest BCUT2D eigenvalue weighted by atomic mass is 79.9. The van der Waals surface area contributed by atoms with Crippen LogP contribution in [0.4, 0.5) is 5.69 Å². The lowest BCUT2D eigenvalue weighted by Gasteiger charge is -2.19. The lowest BCUT2D eigenvalue weighted by Crippen LogP contribution is -2.32. The highest BCUT2D eigenvalue weighted by molar-refractivity contribution is 9.10. The van der Waals surface area contributed by atoms with E-state index >= 15 is 0 Å². The normalized spacial score (nSPS) is 14.2. The van der Waals surface area contributed by atoms with Gasteiger partial charge < -0.3 is 10.2 Å². The molecule has 1 aliphatic rings. The van der Waals surface area contributed by atoms with Crippen molar-refractivity contribution in [2.24, 2.45) is 0 Å². The zero-order valence-corrected chi connectivity index (χ0v) is 11.4. The summed E-state index contributed by atoms with van der Waals surface area (Å²) in [7, 11) is 0. The Morgan fingerprint density at radius 2 is 2.06 bits per heavy atom.